The van der Waals surface area contributed by atoms with Crippen LogP contribution in [-0.4, -0.2) is 78.2 Å². The minimum absolute atomic E-state index is 0.0708. The largest absolute Gasteiger partial charge is 0.483 e. The maximum Gasteiger partial charge on any atom is 0.353 e. The summed E-state index contributed by atoms with van der Waals surface area (Å²) in [5.74, 6) is 0.417. The minimum atomic E-state index is -1.24. The molecule has 0 radical (unpaired) electrons. The molecule has 2 amide bonds. The average Bonchev–Trinajstić information content (AvgIpc) is 3.16. The number of aromatic nitrogens is 1. The molecule has 15 heteroatoms. The average molecular weight is 486 g/mol. The van der Waals surface area contributed by atoms with Crippen molar-refractivity contribution in [2.75, 3.05) is 17.2 Å². The number of nitrogen functional groups attached to an aromatic ring is 1. The number of nitrogens with zero attached hydrogens (tertiary/aromatic N) is 3. The zero-order valence-corrected chi connectivity index (χ0v) is 17.9. The zero-order valence-electron chi connectivity index (χ0n) is 15.4. The number of terminal acetylenes is 1. The lowest BCUT2D eigenvalue weighted by molar-refractivity contribution is -0.150. The van der Waals surface area contributed by atoms with Gasteiger partial charge in [-0.15, -0.1) is 41.3 Å². The maximum absolute atomic E-state index is 12.5. The number of thioether (sulfide) groups is 2. The van der Waals surface area contributed by atoms with Crippen molar-refractivity contribution in [2.24, 2.45) is 5.16 Å². The summed E-state index contributed by atoms with van der Waals surface area (Å²) in [6.45, 7) is -0.250. The SMILES string of the molecule is C#CCSC1=C(C(=O)O)N2C(=O)[C@@H](NC(=O)/C(=N\O)c3csc(N)n3)[C@@H]2SC1.O=CO. The number of fused-ring (bicyclic) bond motifs is 1. The van der Waals surface area contributed by atoms with Crippen LogP contribution in [0.15, 0.2) is 21.1 Å². The lowest BCUT2D eigenvalue weighted by atomic mass is 10.0. The Bertz CT molecular complexity index is 1000. The molecule has 2 aliphatic heterocycles. The van der Waals surface area contributed by atoms with Gasteiger partial charge in [-0.2, -0.15) is 0 Å². The standard InChI is InChI=1S/C15H13N5O5S3.CH2O2/c1-2-3-26-7-5-27-13-9(12(22)20(13)10(7)14(23)24)18-11(21)8(19-25)6-4-28-15(16)17-6;2-1-3/h1,4,9,13,25H,3,5H2,(H2,16,17)(H,18,21)(H,23,24);1H,(H,2,3)/b19-8-;/t9-,13+;/m1./s1. The first-order valence-corrected chi connectivity index (χ1v) is 11.0. The van der Waals surface area contributed by atoms with Crippen molar-refractivity contribution >= 4 is 70.0 Å². The minimum Gasteiger partial charge on any atom is -0.483 e. The van der Waals surface area contributed by atoms with Crippen LogP contribution >= 0.6 is 34.9 Å². The van der Waals surface area contributed by atoms with Crippen molar-refractivity contribution < 1.29 is 34.6 Å². The van der Waals surface area contributed by atoms with Crippen LogP contribution in [0.2, 0.25) is 0 Å². The van der Waals surface area contributed by atoms with Gasteiger partial charge in [0.15, 0.2) is 10.8 Å². The number of carboxylic acids is 1. The van der Waals surface area contributed by atoms with Gasteiger partial charge < -0.3 is 26.5 Å². The highest BCUT2D eigenvalue weighted by Gasteiger charge is 2.54. The smallest absolute Gasteiger partial charge is 0.353 e. The molecule has 2 aliphatic rings. The number of nitrogens with two attached hydrogens (primary N) is 1. The van der Waals surface area contributed by atoms with Crippen molar-refractivity contribution in [3.8, 4) is 12.3 Å². The van der Waals surface area contributed by atoms with Gasteiger partial charge in [-0.1, -0.05) is 11.1 Å². The van der Waals surface area contributed by atoms with E-state index in [0.717, 1.165) is 16.2 Å². The van der Waals surface area contributed by atoms with Gasteiger partial charge >= 0.3 is 5.97 Å². The lowest BCUT2D eigenvalue weighted by Crippen LogP contribution is -2.71. The lowest BCUT2D eigenvalue weighted by Gasteiger charge is -2.49. The van der Waals surface area contributed by atoms with Gasteiger partial charge in [-0.3, -0.25) is 19.3 Å². The number of amides is 2. The van der Waals surface area contributed by atoms with Crippen LogP contribution in [0.3, 0.4) is 0 Å². The van der Waals surface area contributed by atoms with Crippen LogP contribution in [0.1, 0.15) is 5.69 Å². The van der Waals surface area contributed by atoms with Gasteiger partial charge in [0.2, 0.25) is 0 Å². The number of thiazole rings is 1. The maximum atomic E-state index is 12.5. The molecule has 3 heterocycles. The second kappa shape index (κ2) is 10.7. The van der Waals surface area contributed by atoms with Crippen LogP contribution in [0.5, 0.6) is 0 Å². The Labute approximate surface area is 187 Å². The van der Waals surface area contributed by atoms with Crippen LogP contribution in [0.4, 0.5) is 5.13 Å². The summed E-state index contributed by atoms with van der Waals surface area (Å²) in [5, 5.41) is 32.0. The Balaban J connectivity index is 0.00000107. The fourth-order valence-electron chi connectivity index (χ4n) is 2.65. The summed E-state index contributed by atoms with van der Waals surface area (Å²) >= 11 is 3.56. The summed E-state index contributed by atoms with van der Waals surface area (Å²) in [7, 11) is 0. The topological polar surface area (TPSA) is 196 Å². The van der Waals surface area contributed by atoms with E-state index in [2.05, 4.69) is 21.4 Å². The first-order chi connectivity index (χ1) is 14.8. The number of anilines is 1. The molecule has 0 spiro atoms. The summed E-state index contributed by atoms with van der Waals surface area (Å²) in [6.07, 6.45) is 5.22. The Hall–Kier alpha value is -3.22. The summed E-state index contributed by atoms with van der Waals surface area (Å²) in [6, 6.07) is -0.959. The highest BCUT2D eigenvalue weighted by Crippen LogP contribution is 2.43. The number of oxime groups is 1. The third-order valence-corrected chi connectivity index (χ3v) is 6.97. The number of carbonyl (C=O) groups is 4. The molecule has 1 aromatic rings. The number of aliphatic carboxylic acids is 1. The number of carbonyl (C=O) groups excluding carboxylic acids is 2. The van der Waals surface area contributed by atoms with E-state index in [-0.39, 0.29) is 34.5 Å². The summed E-state index contributed by atoms with van der Waals surface area (Å²) < 4.78 is 0. The Kier molecular flexibility index (Phi) is 8.30. The molecule has 0 saturated carbocycles. The Morgan fingerprint density at radius 3 is 2.74 bits per heavy atom. The number of β-lactam (4-membered cyclic amide) rings is 1. The fourth-order valence-corrected chi connectivity index (χ4v) is 5.51. The molecule has 1 aromatic heterocycles. The molecule has 0 unspecified atom stereocenters. The van der Waals surface area contributed by atoms with Gasteiger partial charge in [0.1, 0.15) is 22.8 Å². The van der Waals surface area contributed by atoms with E-state index in [9.17, 15) is 19.5 Å². The third-order valence-electron chi connectivity index (χ3n) is 3.83. The second-order valence-electron chi connectivity index (χ2n) is 5.56. The number of hydrogen-bond donors (Lipinski definition) is 5. The fraction of sp³-hybridized carbons (Fsp3) is 0.250. The van der Waals surface area contributed by atoms with Gasteiger partial charge in [0, 0.05) is 16.0 Å². The van der Waals surface area contributed by atoms with Crippen molar-refractivity contribution in [3.05, 3.63) is 21.7 Å². The van der Waals surface area contributed by atoms with Gasteiger partial charge in [-0.05, 0) is 0 Å². The molecule has 1 saturated heterocycles. The predicted molar refractivity (Wildman–Crippen MR) is 115 cm³/mol. The number of nitrogens with one attached hydrogen (secondary N) is 1. The quantitative estimate of drug-likeness (QED) is 0.0883. The van der Waals surface area contributed by atoms with E-state index in [4.69, 9.17) is 27.3 Å². The van der Waals surface area contributed by atoms with E-state index in [1.807, 2.05) is 0 Å². The molecule has 3 rings (SSSR count). The van der Waals surface area contributed by atoms with E-state index in [1.54, 1.807) is 0 Å². The number of rotatable bonds is 6. The molecule has 12 nitrogen and oxygen atoms in total. The normalized spacial score (nSPS) is 19.9. The van der Waals surface area contributed by atoms with Crippen molar-refractivity contribution in [2.45, 2.75) is 11.4 Å². The highest BCUT2D eigenvalue weighted by atomic mass is 32.2. The van der Waals surface area contributed by atoms with E-state index in [0.29, 0.717) is 10.7 Å². The van der Waals surface area contributed by atoms with E-state index < -0.39 is 29.2 Å². The first-order valence-electron chi connectivity index (χ1n) is 8.10. The number of hydrogen-bond acceptors (Lipinski definition) is 11. The molecule has 0 bridgehead atoms. The first kappa shape index (κ1) is 24.1. The van der Waals surface area contributed by atoms with E-state index in [1.165, 1.54) is 28.9 Å². The van der Waals surface area contributed by atoms with Crippen LogP contribution in [0.25, 0.3) is 0 Å². The van der Waals surface area contributed by atoms with Gasteiger partial charge in [0.25, 0.3) is 18.3 Å². The molecule has 2 atom stereocenters. The Morgan fingerprint density at radius 1 is 1.55 bits per heavy atom. The van der Waals surface area contributed by atoms with Gasteiger partial charge in [-0.25, -0.2) is 9.78 Å². The van der Waals surface area contributed by atoms with Crippen LogP contribution in [0, 0.1) is 12.3 Å². The molecular formula is C16H15N5O7S3. The predicted octanol–water partition coefficient (Wildman–Crippen LogP) is -0.333. The van der Waals surface area contributed by atoms with Gasteiger partial charge in [0.05, 0.1) is 5.75 Å². The molecule has 1 fully saturated rings. The zero-order chi connectivity index (χ0) is 23.1. The monoisotopic (exact) mass is 485 g/mol. The molecule has 31 heavy (non-hydrogen) atoms. The van der Waals surface area contributed by atoms with E-state index >= 15 is 0 Å². The molecule has 0 aromatic carbocycles. The number of carboxylic acid groups (broad SMARTS) is 2. The summed E-state index contributed by atoms with van der Waals surface area (Å²) in [5.41, 5.74) is 5.07. The molecule has 0 aliphatic carbocycles. The van der Waals surface area contributed by atoms with Crippen LogP contribution < -0.4 is 11.1 Å². The molecule has 6 N–H and O–H groups in total. The summed E-state index contributed by atoms with van der Waals surface area (Å²) in [4.78, 5) is 50.5. The third kappa shape index (κ3) is 5.10. The highest BCUT2D eigenvalue weighted by molar-refractivity contribution is 8.06. The molecular weight excluding hydrogens is 470 g/mol. The second-order valence-corrected chi connectivity index (χ2v) is 8.62. The Morgan fingerprint density at radius 2 is 2.23 bits per heavy atom. The van der Waals surface area contributed by atoms with Crippen LogP contribution in [-0.2, 0) is 19.2 Å². The van der Waals surface area contributed by atoms with Crippen molar-refractivity contribution in [1.29, 1.82) is 0 Å². The molecule has 164 valence electrons. The van der Waals surface area contributed by atoms with Crippen molar-refractivity contribution in [1.82, 2.24) is 15.2 Å². The van der Waals surface area contributed by atoms with Crippen molar-refractivity contribution in [3.63, 3.8) is 0 Å².